The molecule has 0 bridgehead atoms. The van der Waals surface area contributed by atoms with Crippen molar-refractivity contribution in [3.05, 3.63) is 59.7 Å². The number of ether oxygens (including phenoxy) is 2. The number of aromatic carboxylic acids is 1. The van der Waals surface area contributed by atoms with Gasteiger partial charge in [0.15, 0.2) is 17.4 Å². The minimum absolute atomic E-state index is 0.0743. The van der Waals surface area contributed by atoms with Crippen LogP contribution in [-0.4, -0.2) is 24.3 Å². The molecule has 2 rings (SSSR count). The molecule has 0 radical (unpaired) electrons. The van der Waals surface area contributed by atoms with Crippen LogP contribution in [0.4, 0.5) is 8.78 Å². The molecular formula is C15H12F2O4. The molecular weight excluding hydrogens is 282 g/mol. The second kappa shape index (κ2) is 6.69. The lowest BCUT2D eigenvalue weighted by molar-refractivity contribution is 0.0695. The molecule has 0 amide bonds. The van der Waals surface area contributed by atoms with E-state index in [1.807, 2.05) is 6.07 Å². The average Bonchev–Trinajstić information content (AvgIpc) is 2.46. The number of para-hydroxylation sites is 1. The van der Waals surface area contributed by atoms with Crippen molar-refractivity contribution in [1.82, 2.24) is 0 Å². The summed E-state index contributed by atoms with van der Waals surface area (Å²) in [6.07, 6.45) is 0. The summed E-state index contributed by atoms with van der Waals surface area (Å²) in [6.45, 7) is 0.0265. The highest BCUT2D eigenvalue weighted by Crippen LogP contribution is 2.23. The van der Waals surface area contributed by atoms with Crippen LogP contribution in [-0.2, 0) is 0 Å². The predicted molar refractivity (Wildman–Crippen MR) is 70.7 cm³/mol. The summed E-state index contributed by atoms with van der Waals surface area (Å²) in [6, 6.07) is 10.3. The van der Waals surface area contributed by atoms with E-state index in [4.69, 9.17) is 14.6 Å². The Morgan fingerprint density at radius 2 is 1.57 bits per heavy atom. The largest absolute Gasteiger partial charge is 0.490 e. The van der Waals surface area contributed by atoms with E-state index in [0.29, 0.717) is 17.9 Å². The lowest BCUT2D eigenvalue weighted by Crippen LogP contribution is -2.11. The summed E-state index contributed by atoms with van der Waals surface area (Å²) in [5.74, 6) is -3.54. The fraction of sp³-hybridized carbons (Fsp3) is 0.133. The standard InChI is InChI=1S/C15H12F2O4/c16-12-8-10(15(18)19)9-13(17)14(12)21-7-6-20-11-4-2-1-3-5-11/h1-5,8-9H,6-7H2,(H,18,19). The van der Waals surface area contributed by atoms with E-state index in [9.17, 15) is 13.6 Å². The number of hydrogen-bond donors (Lipinski definition) is 1. The van der Waals surface area contributed by atoms with Crippen LogP contribution in [0.3, 0.4) is 0 Å². The van der Waals surface area contributed by atoms with Gasteiger partial charge in [-0.05, 0) is 24.3 Å². The van der Waals surface area contributed by atoms with Crippen molar-refractivity contribution >= 4 is 5.97 Å². The van der Waals surface area contributed by atoms with Crippen molar-refractivity contribution in [2.24, 2.45) is 0 Å². The van der Waals surface area contributed by atoms with Crippen molar-refractivity contribution in [1.29, 1.82) is 0 Å². The number of carbonyl (C=O) groups is 1. The van der Waals surface area contributed by atoms with Crippen LogP contribution in [0, 0.1) is 11.6 Å². The third-order valence-corrected chi connectivity index (χ3v) is 2.59. The van der Waals surface area contributed by atoms with Crippen molar-refractivity contribution < 1.29 is 28.2 Å². The summed E-state index contributed by atoms with van der Waals surface area (Å²) in [4.78, 5) is 10.6. The van der Waals surface area contributed by atoms with Gasteiger partial charge in [0.2, 0.25) is 0 Å². The summed E-state index contributed by atoms with van der Waals surface area (Å²) < 4.78 is 37.4. The zero-order valence-corrected chi connectivity index (χ0v) is 10.9. The molecule has 110 valence electrons. The quantitative estimate of drug-likeness (QED) is 0.832. The van der Waals surface area contributed by atoms with E-state index in [2.05, 4.69) is 0 Å². The Hall–Kier alpha value is -2.63. The van der Waals surface area contributed by atoms with Gasteiger partial charge in [0.25, 0.3) is 0 Å². The van der Waals surface area contributed by atoms with E-state index in [-0.39, 0.29) is 13.2 Å². The third kappa shape index (κ3) is 3.92. The summed E-state index contributed by atoms with van der Waals surface area (Å²) in [5, 5.41) is 8.67. The van der Waals surface area contributed by atoms with E-state index < -0.39 is 28.9 Å². The number of benzene rings is 2. The van der Waals surface area contributed by atoms with E-state index in [1.165, 1.54) is 0 Å². The molecule has 0 spiro atoms. The highest BCUT2D eigenvalue weighted by molar-refractivity contribution is 5.87. The molecule has 0 atom stereocenters. The van der Waals surface area contributed by atoms with Crippen molar-refractivity contribution in [3.8, 4) is 11.5 Å². The first kappa shape index (κ1) is 14.8. The summed E-state index contributed by atoms with van der Waals surface area (Å²) in [7, 11) is 0. The first-order chi connectivity index (χ1) is 10.1. The molecule has 0 heterocycles. The molecule has 0 saturated heterocycles. The molecule has 2 aromatic rings. The molecule has 0 fully saturated rings. The SMILES string of the molecule is O=C(O)c1cc(F)c(OCCOc2ccccc2)c(F)c1. The Labute approximate surface area is 119 Å². The predicted octanol–water partition coefficient (Wildman–Crippen LogP) is 3.12. The average molecular weight is 294 g/mol. The molecule has 21 heavy (non-hydrogen) atoms. The van der Waals surface area contributed by atoms with Gasteiger partial charge in [-0.1, -0.05) is 18.2 Å². The fourth-order valence-electron chi connectivity index (χ4n) is 1.64. The minimum Gasteiger partial charge on any atom is -0.490 e. The molecule has 1 N–H and O–H groups in total. The van der Waals surface area contributed by atoms with Crippen LogP contribution < -0.4 is 9.47 Å². The maximum atomic E-state index is 13.6. The lowest BCUT2D eigenvalue weighted by atomic mass is 10.2. The molecule has 0 aliphatic rings. The Morgan fingerprint density at radius 1 is 1.00 bits per heavy atom. The maximum Gasteiger partial charge on any atom is 0.335 e. The summed E-state index contributed by atoms with van der Waals surface area (Å²) >= 11 is 0. The van der Waals surface area contributed by atoms with E-state index in [0.717, 1.165) is 0 Å². The second-order valence-electron chi connectivity index (χ2n) is 4.08. The van der Waals surface area contributed by atoms with Gasteiger partial charge in [-0.25, -0.2) is 13.6 Å². The second-order valence-corrected chi connectivity index (χ2v) is 4.08. The number of halogens is 2. The topological polar surface area (TPSA) is 55.8 Å². The number of carboxylic acids is 1. The van der Waals surface area contributed by atoms with Gasteiger partial charge >= 0.3 is 5.97 Å². The summed E-state index contributed by atoms with van der Waals surface area (Å²) in [5.41, 5.74) is -0.474. The molecule has 0 aliphatic carbocycles. The monoisotopic (exact) mass is 294 g/mol. The van der Waals surface area contributed by atoms with Crippen LogP contribution in [0.2, 0.25) is 0 Å². The zero-order valence-electron chi connectivity index (χ0n) is 10.9. The molecule has 4 nitrogen and oxygen atoms in total. The van der Waals surface area contributed by atoms with Gasteiger partial charge in [-0.3, -0.25) is 0 Å². The highest BCUT2D eigenvalue weighted by atomic mass is 19.1. The lowest BCUT2D eigenvalue weighted by Gasteiger charge is -2.10. The van der Waals surface area contributed by atoms with Gasteiger partial charge in [0, 0.05) is 0 Å². The first-order valence-corrected chi connectivity index (χ1v) is 6.11. The van der Waals surface area contributed by atoms with Crippen LogP contribution in [0.5, 0.6) is 11.5 Å². The number of carboxylic acid groups (broad SMARTS) is 1. The molecule has 0 aliphatic heterocycles. The minimum atomic E-state index is -1.41. The van der Waals surface area contributed by atoms with Crippen molar-refractivity contribution in [2.75, 3.05) is 13.2 Å². The van der Waals surface area contributed by atoms with Gasteiger partial charge < -0.3 is 14.6 Å². The smallest absolute Gasteiger partial charge is 0.335 e. The third-order valence-electron chi connectivity index (χ3n) is 2.59. The van der Waals surface area contributed by atoms with Crippen molar-refractivity contribution in [3.63, 3.8) is 0 Å². The van der Waals surface area contributed by atoms with Gasteiger partial charge in [0.1, 0.15) is 19.0 Å². The van der Waals surface area contributed by atoms with Gasteiger partial charge in [0.05, 0.1) is 5.56 Å². The Morgan fingerprint density at radius 3 is 2.14 bits per heavy atom. The van der Waals surface area contributed by atoms with E-state index >= 15 is 0 Å². The van der Waals surface area contributed by atoms with Gasteiger partial charge in [-0.15, -0.1) is 0 Å². The normalized spacial score (nSPS) is 10.2. The molecule has 0 aromatic heterocycles. The zero-order chi connectivity index (χ0) is 15.2. The maximum absolute atomic E-state index is 13.6. The Kier molecular flexibility index (Phi) is 4.71. The van der Waals surface area contributed by atoms with Crippen LogP contribution in [0.25, 0.3) is 0 Å². The molecule has 6 heteroatoms. The number of rotatable bonds is 6. The number of hydrogen-bond acceptors (Lipinski definition) is 3. The molecule has 0 saturated carbocycles. The fourth-order valence-corrected chi connectivity index (χ4v) is 1.64. The van der Waals surface area contributed by atoms with Crippen LogP contribution in [0.15, 0.2) is 42.5 Å². The Bertz CT molecular complexity index is 606. The van der Waals surface area contributed by atoms with Gasteiger partial charge in [-0.2, -0.15) is 0 Å². The van der Waals surface area contributed by atoms with Crippen LogP contribution in [0.1, 0.15) is 10.4 Å². The Balaban J connectivity index is 1.93. The van der Waals surface area contributed by atoms with E-state index in [1.54, 1.807) is 24.3 Å². The molecule has 2 aromatic carbocycles. The highest BCUT2D eigenvalue weighted by Gasteiger charge is 2.15. The van der Waals surface area contributed by atoms with Crippen molar-refractivity contribution in [2.45, 2.75) is 0 Å². The van der Waals surface area contributed by atoms with Crippen LogP contribution >= 0.6 is 0 Å². The molecule has 0 unspecified atom stereocenters. The first-order valence-electron chi connectivity index (χ1n) is 6.11.